The van der Waals surface area contributed by atoms with Gasteiger partial charge in [-0.05, 0) is 63.0 Å². The Bertz CT molecular complexity index is 298. The van der Waals surface area contributed by atoms with Crippen LogP contribution < -0.4 is 0 Å². The molecule has 0 amide bonds. The number of aliphatic hydroxyl groups is 1. The fourth-order valence-electron chi connectivity index (χ4n) is 3.88. The van der Waals surface area contributed by atoms with Gasteiger partial charge >= 0.3 is 0 Å². The Labute approximate surface area is 126 Å². The van der Waals surface area contributed by atoms with E-state index in [1.165, 1.54) is 31.4 Å². The Morgan fingerprint density at radius 2 is 2.20 bits per heavy atom. The van der Waals surface area contributed by atoms with Gasteiger partial charge in [0, 0.05) is 19.0 Å². The first-order chi connectivity index (χ1) is 9.77. The number of hydrogen-bond donors (Lipinski definition) is 1. The average molecular weight is 300 g/mol. The first-order valence-corrected chi connectivity index (χ1v) is 9.44. The van der Waals surface area contributed by atoms with Crippen LogP contribution in [0.25, 0.3) is 0 Å². The minimum absolute atomic E-state index is 0.0932. The third-order valence-corrected chi connectivity index (χ3v) is 6.42. The van der Waals surface area contributed by atoms with E-state index in [4.69, 9.17) is 9.47 Å². The van der Waals surface area contributed by atoms with Gasteiger partial charge in [0.05, 0.1) is 17.8 Å². The standard InChI is InChI=1S/C16H28O3S/c17-15(5-4-14-3-1-2-8-18-14)13-6-9-19-16(11-13)7-10-20-12-16/h13-15,17H,1-12H2. The Morgan fingerprint density at radius 3 is 2.95 bits per heavy atom. The maximum Gasteiger partial charge on any atom is 0.0783 e. The number of ether oxygens (including phenoxy) is 2. The molecule has 1 N–H and O–H groups in total. The Kier molecular flexibility index (Phi) is 5.29. The molecule has 0 aromatic carbocycles. The van der Waals surface area contributed by atoms with Gasteiger partial charge in [0.1, 0.15) is 0 Å². The number of thioether (sulfide) groups is 1. The van der Waals surface area contributed by atoms with Crippen molar-refractivity contribution in [2.75, 3.05) is 24.7 Å². The molecule has 3 aliphatic rings. The number of rotatable bonds is 4. The minimum Gasteiger partial charge on any atom is -0.393 e. The largest absolute Gasteiger partial charge is 0.393 e. The number of aliphatic hydroxyl groups excluding tert-OH is 1. The van der Waals surface area contributed by atoms with Gasteiger partial charge in [-0.25, -0.2) is 0 Å². The predicted molar refractivity (Wildman–Crippen MR) is 82.2 cm³/mol. The van der Waals surface area contributed by atoms with Crippen molar-refractivity contribution >= 4 is 11.8 Å². The van der Waals surface area contributed by atoms with Crippen molar-refractivity contribution in [3.63, 3.8) is 0 Å². The fourth-order valence-corrected chi connectivity index (χ4v) is 5.26. The highest BCUT2D eigenvalue weighted by molar-refractivity contribution is 7.99. The van der Waals surface area contributed by atoms with Gasteiger partial charge in [-0.15, -0.1) is 0 Å². The van der Waals surface area contributed by atoms with Crippen LogP contribution in [0.15, 0.2) is 0 Å². The molecule has 3 fully saturated rings. The summed E-state index contributed by atoms with van der Waals surface area (Å²) in [5.41, 5.74) is 0.0932. The van der Waals surface area contributed by atoms with Crippen LogP contribution in [0.4, 0.5) is 0 Å². The summed E-state index contributed by atoms with van der Waals surface area (Å²) in [6, 6.07) is 0. The monoisotopic (exact) mass is 300 g/mol. The summed E-state index contributed by atoms with van der Waals surface area (Å²) < 4.78 is 11.8. The third kappa shape index (κ3) is 3.70. The molecule has 4 unspecified atom stereocenters. The van der Waals surface area contributed by atoms with Crippen molar-refractivity contribution in [1.82, 2.24) is 0 Å². The van der Waals surface area contributed by atoms with E-state index in [0.717, 1.165) is 44.6 Å². The average Bonchev–Trinajstić information content (AvgIpc) is 2.93. The molecule has 0 bridgehead atoms. The summed E-state index contributed by atoms with van der Waals surface area (Å²) in [5.74, 6) is 2.78. The molecule has 0 saturated carbocycles. The molecule has 0 aromatic rings. The van der Waals surface area contributed by atoms with Crippen molar-refractivity contribution in [2.24, 2.45) is 5.92 Å². The van der Waals surface area contributed by atoms with Crippen LogP contribution >= 0.6 is 11.8 Å². The Morgan fingerprint density at radius 1 is 1.25 bits per heavy atom. The first kappa shape index (κ1) is 15.1. The first-order valence-electron chi connectivity index (χ1n) is 8.29. The van der Waals surface area contributed by atoms with E-state index in [-0.39, 0.29) is 11.7 Å². The van der Waals surface area contributed by atoms with Crippen molar-refractivity contribution < 1.29 is 14.6 Å². The van der Waals surface area contributed by atoms with Crippen LogP contribution in [-0.4, -0.2) is 47.6 Å². The summed E-state index contributed by atoms with van der Waals surface area (Å²) in [7, 11) is 0. The Balaban J connectivity index is 1.45. The highest BCUT2D eigenvalue weighted by atomic mass is 32.2. The summed E-state index contributed by atoms with van der Waals surface area (Å²) in [6.07, 6.45) is 9.11. The molecule has 3 rings (SSSR count). The molecule has 3 saturated heterocycles. The van der Waals surface area contributed by atoms with Gasteiger partial charge < -0.3 is 14.6 Å². The lowest BCUT2D eigenvalue weighted by Crippen LogP contribution is -2.43. The molecular weight excluding hydrogens is 272 g/mol. The Hall–Kier alpha value is 0.230. The molecule has 0 aliphatic carbocycles. The van der Waals surface area contributed by atoms with Crippen molar-refractivity contribution in [3.05, 3.63) is 0 Å². The van der Waals surface area contributed by atoms with Gasteiger partial charge in [-0.3, -0.25) is 0 Å². The smallest absolute Gasteiger partial charge is 0.0783 e. The van der Waals surface area contributed by atoms with Crippen molar-refractivity contribution in [2.45, 2.75) is 69.2 Å². The lowest BCUT2D eigenvalue weighted by molar-refractivity contribution is -0.104. The zero-order valence-corrected chi connectivity index (χ0v) is 13.2. The van der Waals surface area contributed by atoms with Crippen molar-refractivity contribution in [1.29, 1.82) is 0 Å². The molecule has 20 heavy (non-hydrogen) atoms. The van der Waals surface area contributed by atoms with Crippen LogP contribution in [0.2, 0.25) is 0 Å². The highest BCUT2D eigenvalue weighted by Gasteiger charge is 2.42. The van der Waals surface area contributed by atoms with Crippen LogP contribution in [0.5, 0.6) is 0 Å². The zero-order valence-electron chi connectivity index (χ0n) is 12.4. The maximum atomic E-state index is 10.5. The summed E-state index contributed by atoms with van der Waals surface area (Å²) in [6.45, 7) is 1.75. The summed E-state index contributed by atoms with van der Waals surface area (Å²) in [5, 5.41) is 10.5. The molecule has 116 valence electrons. The SMILES string of the molecule is OC(CCC1CCCCO1)C1CCOC2(CCSC2)C1. The van der Waals surface area contributed by atoms with E-state index in [1.54, 1.807) is 0 Å². The molecule has 3 aliphatic heterocycles. The van der Waals surface area contributed by atoms with E-state index in [9.17, 15) is 5.11 Å². The van der Waals surface area contributed by atoms with Gasteiger partial charge in [-0.2, -0.15) is 11.8 Å². The second kappa shape index (κ2) is 6.99. The number of hydrogen-bond acceptors (Lipinski definition) is 4. The van der Waals surface area contributed by atoms with Gasteiger partial charge in [0.2, 0.25) is 0 Å². The van der Waals surface area contributed by atoms with Gasteiger partial charge in [-0.1, -0.05) is 0 Å². The molecule has 0 aromatic heterocycles. The van der Waals surface area contributed by atoms with Crippen LogP contribution in [-0.2, 0) is 9.47 Å². The van der Waals surface area contributed by atoms with E-state index >= 15 is 0 Å². The summed E-state index contributed by atoms with van der Waals surface area (Å²) in [4.78, 5) is 0. The quantitative estimate of drug-likeness (QED) is 0.866. The lowest BCUT2D eigenvalue weighted by Gasteiger charge is -2.39. The van der Waals surface area contributed by atoms with Crippen LogP contribution in [0, 0.1) is 5.92 Å². The normalized spacial score (nSPS) is 40.0. The molecule has 0 radical (unpaired) electrons. The minimum atomic E-state index is -0.160. The van der Waals surface area contributed by atoms with Crippen LogP contribution in [0.1, 0.15) is 51.4 Å². The second-order valence-electron chi connectivity index (χ2n) is 6.72. The van der Waals surface area contributed by atoms with Gasteiger partial charge in [0.15, 0.2) is 0 Å². The molecule has 3 heterocycles. The molecule has 1 spiro atoms. The van der Waals surface area contributed by atoms with E-state index < -0.39 is 0 Å². The van der Waals surface area contributed by atoms with Gasteiger partial charge in [0.25, 0.3) is 0 Å². The topological polar surface area (TPSA) is 38.7 Å². The van der Waals surface area contributed by atoms with Crippen LogP contribution in [0.3, 0.4) is 0 Å². The maximum absolute atomic E-state index is 10.5. The lowest BCUT2D eigenvalue weighted by atomic mass is 9.81. The molecule has 4 atom stereocenters. The molecule has 4 heteroatoms. The highest BCUT2D eigenvalue weighted by Crippen LogP contribution is 2.41. The molecular formula is C16H28O3S. The molecule has 3 nitrogen and oxygen atoms in total. The van der Waals surface area contributed by atoms with E-state index in [0.29, 0.717) is 12.0 Å². The second-order valence-corrected chi connectivity index (χ2v) is 7.83. The zero-order chi connectivity index (χ0) is 13.8. The van der Waals surface area contributed by atoms with E-state index in [1.807, 2.05) is 11.8 Å². The third-order valence-electron chi connectivity index (χ3n) is 5.20. The summed E-state index contributed by atoms with van der Waals surface area (Å²) >= 11 is 2.00. The fraction of sp³-hybridized carbons (Fsp3) is 1.00. The van der Waals surface area contributed by atoms with Crippen molar-refractivity contribution in [3.8, 4) is 0 Å². The van der Waals surface area contributed by atoms with E-state index in [2.05, 4.69) is 0 Å². The predicted octanol–water partition coefficient (Wildman–Crippen LogP) is 3.00.